The number of rotatable bonds is 5. The molecule has 4 nitrogen and oxygen atoms in total. The minimum atomic E-state index is -0.0717. The summed E-state index contributed by atoms with van der Waals surface area (Å²) in [6.07, 6.45) is 4.05. The first-order chi connectivity index (χ1) is 8.84. The molecule has 1 heterocycles. The SMILES string of the molecule is O=C(NCCNC1CC1)c1coc2ccccc12. The van der Waals surface area contributed by atoms with Crippen LogP contribution in [0.5, 0.6) is 0 Å². The Kier molecular flexibility index (Phi) is 3.02. The highest BCUT2D eigenvalue weighted by atomic mass is 16.3. The van der Waals surface area contributed by atoms with Crippen LogP contribution in [-0.2, 0) is 0 Å². The molecule has 1 aliphatic rings. The molecule has 0 radical (unpaired) electrons. The number of fused-ring (bicyclic) bond motifs is 1. The summed E-state index contributed by atoms with van der Waals surface area (Å²) in [7, 11) is 0. The summed E-state index contributed by atoms with van der Waals surface area (Å²) < 4.78 is 5.35. The maximum absolute atomic E-state index is 12.0. The Labute approximate surface area is 105 Å². The molecule has 1 aliphatic carbocycles. The van der Waals surface area contributed by atoms with Crippen molar-refractivity contribution in [2.75, 3.05) is 13.1 Å². The van der Waals surface area contributed by atoms with Gasteiger partial charge in [0.2, 0.25) is 0 Å². The standard InChI is InChI=1S/C14H16N2O2/c17-14(16-8-7-15-10-5-6-10)12-9-18-13-4-2-1-3-11(12)13/h1-4,9-10,15H,5-8H2,(H,16,17). The molecule has 94 valence electrons. The van der Waals surface area contributed by atoms with Crippen LogP contribution < -0.4 is 10.6 Å². The smallest absolute Gasteiger partial charge is 0.255 e. The Bertz CT molecular complexity index is 558. The van der Waals surface area contributed by atoms with Crippen LogP contribution in [0.25, 0.3) is 11.0 Å². The number of carbonyl (C=O) groups excluding carboxylic acids is 1. The van der Waals surface area contributed by atoms with E-state index in [0.29, 0.717) is 18.2 Å². The molecule has 0 unspecified atom stereocenters. The lowest BCUT2D eigenvalue weighted by atomic mass is 10.1. The van der Waals surface area contributed by atoms with E-state index in [1.54, 1.807) is 0 Å². The number of hydrogen-bond donors (Lipinski definition) is 2. The number of furan rings is 1. The lowest BCUT2D eigenvalue weighted by Crippen LogP contribution is -2.32. The zero-order valence-electron chi connectivity index (χ0n) is 10.1. The number of amides is 1. The molecule has 0 aliphatic heterocycles. The zero-order valence-corrected chi connectivity index (χ0v) is 10.1. The molecule has 3 rings (SSSR count). The van der Waals surface area contributed by atoms with Gasteiger partial charge in [-0.15, -0.1) is 0 Å². The number of carbonyl (C=O) groups is 1. The van der Waals surface area contributed by atoms with Crippen LogP contribution in [-0.4, -0.2) is 25.0 Å². The van der Waals surface area contributed by atoms with E-state index in [1.165, 1.54) is 19.1 Å². The largest absolute Gasteiger partial charge is 0.463 e. The van der Waals surface area contributed by atoms with Gasteiger partial charge in [0.15, 0.2) is 0 Å². The van der Waals surface area contributed by atoms with Crippen molar-refractivity contribution in [3.05, 3.63) is 36.1 Å². The normalized spacial score (nSPS) is 14.9. The molecule has 1 fully saturated rings. The summed E-state index contributed by atoms with van der Waals surface area (Å²) >= 11 is 0. The van der Waals surface area contributed by atoms with Crippen molar-refractivity contribution in [1.82, 2.24) is 10.6 Å². The molecule has 1 aromatic heterocycles. The van der Waals surface area contributed by atoms with Crippen LogP contribution in [0.3, 0.4) is 0 Å². The minimum Gasteiger partial charge on any atom is -0.463 e. The van der Waals surface area contributed by atoms with E-state index in [-0.39, 0.29) is 5.91 Å². The van der Waals surface area contributed by atoms with E-state index in [0.717, 1.165) is 17.5 Å². The first-order valence-corrected chi connectivity index (χ1v) is 6.32. The predicted octanol–water partition coefficient (Wildman–Crippen LogP) is 1.91. The van der Waals surface area contributed by atoms with Gasteiger partial charge in [-0.3, -0.25) is 4.79 Å². The second-order valence-corrected chi connectivity index (χ2v) is 4.63. The van der Waals surface area contributed by atoms with Crippen molar-refractivity contribution >= 4 is 16.9 Å². The van der Waals surface area contributed by atoms with E-state index in [2.05, 4.69) is 10.6 Å². The first kappa shape index (κ1) is 11.3. The molecule has 0 saturated heterocycles. The first-order valence-electron chi connectivity index (χ1n) is 6.32. The van der Waals surface area contributed by atoms with Crippen molar-refractivity contribution < 1.29 is 9.21 Å². The number of benzene rings is 1. The Morgan fingerprint density at radius 1 is 1.28 bits per heavy atom. The van der Waals surface area contributed by atoms with Gasteiger partial charge in [0.05, 0.1) is 5.56 Å². The molecular weight excluding hydrogens is 228 g/mol. The van der Waals surface area contributed by atoms with E-state index in [4.69, 9.17) is 4.42 Å². The van der Waals surface area contributed by atoms with Gasteiger partial charge >= 0.3 is 0 Å². The fraction of sp³-hybridized carbons (Fsp3) is 0.357. The zero-order chi connectivity index (χ0) is 12.4. The molecule has 2 aromatic rings. The summed E-state index contributed by atoms with van der Waals surface area (Å²) in [5.74, 6) is -0.0717. The van der Waals surface area contributed by atoms with Crippen LogP contribution >= 0.6 is 0 Å². The molecule has 2 N–H and O–H groups in total. The van der Waals surface area contributed by atoms with Gasteiger partial charge in [0, 0.05) is 24.5 Å². The lowest BCUT2D eigenvalue weighted by molar-refractivity contribution is 0.0954. The molecule has 0 atom stereocenters. The molecule has 4 heteroatoms. The van der Waals surface area contributed by atoms with Gasteiger partial charge in [-0.2, -0.15) is 0 Å². The lowest BCUT2D eigenvalue weighted by Gasteiger charge is -2.04. The Balaban J connectivity index is 1.60. The van der Waals surface area contributed by atoms with Crippen LogP contribution in [0.2, 0.25) is 0 Å². The third-order valence-corrected chi connectivity index (χ3v) is 3.15. The summed E-state index contributed by atoms with van der Waals surface area (Å²) in [6.45, 7) is 1.47. The summed E-state index contributed by atoms with van der Waals surface area (Å²) in [5.41, 5.74) is 1.36. The van der Waals surface area contributed by atoms with E-state index in [1.807, 2.05) is 24.3 Å². The number of hydrogen-bond acceptors (Lipinski definition) is 3. The quantitative estimate of drug-likeness (QED) is 0.790. The maximum Gasteiger partial charge on any atom is 0.255 e. The fourth-order valence-corrected chi connectivity index (χ4v) is 1.99. The molecule has 0 bridgehead atoms. The predicted molar refractivity (Wildman–Crippen MR) is 69.6 cm³/mol. The van der Waals surface area contributed by atoms with Crippen LogP contribution in [0.15, 0.2) is 34.9 Å². The molecule has 18 heavy (non-hydrogen) atoms. The Morgan fingerprint density at radius 2 is 2.11 bits per heavy atom. The van der Waals surface area contributed by atoms with E-state index in [9.17, 15) is 4.79 Å². The topological polar surface area (TPSA) is 54.3 Å². The summed E-state index contributed by atoms with van der Waals surface area (Å²) in [5, 5.41) is 7.12. The molecule has 1 aromatic carbocycles. The second-order valence-electron chi connectivity index (χ2n) is 4.63. The summed E-state index contributed by atoms with van der Waals surface area (Å²) in [4.78, 5) is 12.0. The average Bonchev–Trinajstić information content (AvgIpc) is 3.11. The highest BCUT2D eigenvalue weighted by molar-refractivity contribution is 6.05. The van der Waals surface area contributed by atoms with E-state index >= 15 is 0 Å². The van der Waals surface area contributed by atoms with Gasteiger partial charge in [-0.1, -0.05) is 18.2 Å². The highest BCUT2D eigenvalue weighted by Gasteiger charge is 2.19. The van der Waals surface area contributed by atoms with Crippen LogP contribution in [0.1, 0.15) is 23.2 Å². The maximum atomic E-state index is 12.0. The molecule has 1 amide bonds. The molecule has 1 saturated carbocycles. The van der Waals surface area contributed by atoms with Crippen molar-refractivity contribution in [2.45, 2.75) is 18.9 Å². The second kappa shape index (κ2) is 4.82. The van der Waals surface area contributed by atoms with Gasteiger partial charge in [0.25, 0.3) is 5.91 Å². The number of para-hydroxylation sites is 1. The molecular formula is C14H16N2O2. The third kappa shape index (κ3) is 2.38. The van der Waals surface area contributed by atoms with Crippen molar-refractivity contribution in [3.63, 3.8) is 0 Å². The highest BCUT2D eigenvalue weighted by Crippen LogP contribution is 2.20. The minimum absolute atomic E-state index is 0.0717. The Morgan fingerprint density at radius 3 is 2.94 bits per heavy atom. The fourth-order valence-electron chi connectivity index (χ4n) is 1.99. The van der Waals surface area contributed by atoms with Crippen LogP contribution in [0, 0.1) is 0 Å². The van der Waals surface area contributed by atoms with Crippen molar-refractivity contribution in [1.29, 1.82) is 0 Å². The van der Waals surface area contributed by atoms with Gasteiger partial charge in [-0.05, 0) is 18.9 Å². The van der Waals surface area contributed by atoms with Crippen molar-refractivity contribution in [2.24, 2.45) is 0 Å². The number of nitrogens with one attached hydrogen (secondary N) is 2. The Hall–Kier alpha value is -1.81. The molecule has 0 spiro atoms. The monoisotopic (exact) mass is 244 g/mol. The van der Waals surface area contributed by atoms with Crippen molar-refractivity contribution in [3.8, 4) is 0 Å². The van der Waals surface area contributed by atoms with Gasteiger partial charge in [0.1, 0.15) is 11.8 Å². The summed E-state index contributed by atoms with van der Waals surface area (Å²) in [6, 6.07) is 8.24. The average molecular weight is 244 g/mol. The van der Waals surface area contributed by atoms with Crippen LogP contribution in [0.4, 0.5) is 0 Å². The third-order valence-electron chi connectivity index (χ3n) is 3.15. The van der Waals surface area contributed by atoms with Gasteiger partial charge < -0.3 is 15.1 Å². The van der Waals surface area contributed by atoms with Gasteiger partial charge in [-0.25, -0.2) is 0 Å². The van der Waals surface area contributed by atoms with E-state index < -0.39 is 0 Å².